The van der Waals surface area contributed by atoms with Crippen molar-refractivity contribution in [1.29, 1.82) is 0 Å². The monoisotopic (exact) mass is 605 g/mol. The van der Waals surface area contributed by atoms with E-state index in [9.17, 15) is 27.9 Å². The number of aromatic nitrogens is 4. The largest absolute Gasteiger partial charge is 0.388 e. The number of rotatable bonds is 9. The number of hydrogen-bond donors (Lipinski definition) is 1. The Labute approximate surface area is 246 Å². The fraction of sp³-hybridized carbons (Fsp3) is 0.667. The number of piperidine rings is 1. The normalized spacial score (nSPS) is 23.8. The summed E-state index contributed by atoms with van der Waals surface area (Å²) in [5.41, 5.74) is -0.631. The van der Waals surface area contributed by atoms with Crippen LogP contribution in [0.25, 0.3) is 10.9 Å². The van der Waals surface area contributed by atoms with Gasteiger partial charge in [-0.25, -0.2) is 13.8 Å². The van der Waals surface area contributed by atoms with Crippen LogP contribution in [0.1, 0.15) is 87.5 Å². The summed E-state index contributed by atoms with van der Waals surface area (Å²) in [7, 11) is 0. The van der Waals surface area contributed by atoms with E-state index in [2.05, 4.69) is 10.1 Å². The molecule has 2 unspecified atom stereocenters. The minimum Gasteiger partial charge on any atom is -0.388 e. The first-order valence-corrected chi connectivity index (χ1v) is 16.0. The number of carbonyl (C=O) groups excluding carboxylic acids is 1. The van der Waals surface area contributed by atoms with Gasteiger partial charge in [0.25, 0.3) is 12.0 Å². The Morgan fingerprint density at radius 2 is 1.90 bits per heavy atom. The standard InChI is InChI=1S/C30H38F3N5O3S/c31-24-7-10-38(35-24)23(28(32)33)15-25(39)36-11-8-30(41,9-12-36)17-37-18-34-26-22(29(37)40)16-42-27(26)21-6-5-20(14-21)13-19-3-1-2-4-19/h7,10,16,18-21,23,28,41H,1-6,8-9,11-15,17H2/t20?,21?,23-/m0/s1. The van der Waals surface area contributed by atoms with E-state index >= 15 is 0 Å². The number of hydrogen-bond acceptors (Lipinski definition) is 6. The maximum absolute atomic E-state index is 13.6. The van der Waals surface area contributed by atoms with Gasteiger partial charge < -0.3 is 10.0 Å². The lowest BCUT2D eigenvalue weighted by Crippen LogP contribution is -2.50. The summed E-state index contributed by atoms with van der Waals surface area (Å²) in [6.45, 7) is 0.367. The van der Waals surface area contributed by atoms with Crippen molar-refractivity contribution in [3.63, 3.8) is 0 Å². The number of fused-ring (bicyclic) bond motifs is 1. The summed E-state index contributed by atoms with van der Waals surface area (Å²) in [5, 5.41) is 17.2. The molecule has 1 amide bonds. The van der Waals surface area contributed by atoms with E-state index in [1.54, 1.807) is 11.3 Å². The molecule has 1 N–H and O–H groups in total. The van der Waals surface area contributed by atoms with Gasteiger partial charge >= 0.3 is 0 Å². The number of nitrogens with zero attached hydrogens (tertiary/aromatic N) is 5. The molecular weight excluding hydrogens is 567 g/mol. The third-order valence-corrected chi connectivity index (χ3v) is 10.9. The van der Waals surface area contributed by atoms with Crippen molar-refractivity contribution in [1.82, 2.24) is 24.2 Å². The van der Waals surface area contributed by atoms with E-state index < -0.39 is 36.3 Å². The molecule has 1 saturated heterocycles. The number of alkyl halides is 2. The third-order valence-electron chi connectivity index (χ3n) is 9.76. The van der Waals surface area contributed by atoms with E-state index in [4.69, 9.17) is 0 Å². The van der Waals surface area contributed by atoms with Crippen LogP contribution in [0.2, 0.25) is 0 Å². The van der Waals surface area contributed by atoms with Crippen LogP contribution in [0.15, 0.2) is 28.8 Å². The number of thiophene rings is 1. The lowest BCUT2D eigenvalue weighted by molar-refractivity contribution is -0.138. The van der Waals surface area contributed by atoms with Crippen LogP contribution >= 0.6 is 11.3 Å². The molecule has 3 aromatic heterocycles. The molecule has 4 heterocycles. The lowest BCUT2D eigenvalue weighted by Gasteiger charge is -2.38. The molecule has 2 aliphatic carbocycles. The maximum Gasteiger partial charge on any atom is 0.262 e. The van der Waals surface area contributed by atoms with Crippen molar-refractivity contribution in [2.75, 3.05) is 13.1 Å². The van der Waals surface area contributed by atoms with Crippen molar-refractivity contribution in [3.8, 4) is 0 Å². The Kier molecular flexibility index (Phi) is 8.46. The number of halogens is 3. The molecule has 6 rings (SSSR count). The van der Waals surface area contributed by atoms with E-state index in [1.165, 1.54) is 65.6 Å². The second kappa shape index (κ2) is 12.1. The lowest BCUT2D eigenvalue weighted by atomic mass is 9.91. The van der Waals surface area contributed by atoms with Crippen molar-refractivity contribution >= 4 is 28.1 Å². The minimum absolute atomic E-state index is 0.0428. The highest BCUT2D eigenvalue weighted by molar-refractivity contribution is 7.11. The van der Waals surface area contributed by atoms with Crippen LogP contribution in [0, 0.1) is 17.8 Å². The SMILES string of the molecule is O=C(C[C@@H](C(F)F)n1ccc(F)n1)N1CCC(O)(Cn2cnc3c(C4CCC(CC5CCCC5)C4)scc3c2=O)CC1. The fourth-order valence-electron chi connectivity index (χ4n) is 7.39. The van der Waals surface area contributed by atoms with E-state index in [0.29, 0.717) is 11.3 Å². The summed E-state index contributed by atoms with van der Waals surface area (Å²) in [5.74, 6) is 0.695. The molecule has 1 aliphatic heterocycles. The highest BCUT2D eigenvalue weighted by Gasteiger charge is 2.37. The van der Waals surface area contributed by atoms with Gasteiger partial charge in [0.05, 0.1) is 35.8 Å². The minimum atomic E-state index is -2.89. The maximum atomic E-state index is 13.6. The average molecular weight is 606 g/mol. The molecule has 0 bridgehead atoms. The average Bonchev–Trinajstić information content (AvgIpc) is 3.77. The highest BCUT2D eigenvalue weighted by atomic mass is 32.1. The Balaban J connectivity index is 1.07. The molecule has 2 saturated carbocycles. The molecule has 12 heteroatoms. The summed E-state index contributed by atoms with van der Waals surface area (Å²) < 4.78 is 42.6. The van der Waals surface area contributed by atoms with Crippen molar-refractivity contribution in [2.24, 2.45) is 11.8 Å². The van der Waals surface area contributed by atoms with E-state index in [-0.39, 0.29) is 38.0 Å². The first-order valence-electron chi connectivity index (χ1n) is 15.1. The van der Waals surface area contributed by atoms with E-state index in [0.717, 1.165) is 40.7 Å². The highest BCUT2D eigenvalue weighted by Crippen LogP contribution is 2.46. The molecule has 228 valence electrons. The van der Waals surface area contributed by atoms with Crippen LogP contribution < -0.4 is 5.56 Å². The zero-order valence-electron chi connectivity index (χ0n) is 23.6. The summed E-state index contributed by atoms with van der Waals surface area (Å²) in [4.78, 5) is 33.5. The number of amides is 1. The first kappa shape index (κ1) is 29.3. The molecule has 3 atom stereocenters. The summed E-state index contributed by atoms with van der Waals surface area (Å²) in [6, 6.07) is -0.606. The zero-order valence-corrected chi connectivity index (χ0v) is 24.5. The van der Waals surface area contributed by atoms with Gasteiger partial charge in [0.15, 0.2) is 0 Å². The number of carbonyl (C=O) groups is 1. The molecular formula is C30H38F3N5O3S. The van der Waals surface area contributed by atoms with Gasteiger partial charge in [-0.05, 0) is 56.3 Å². The van der Waals surface area contributed by atoms with Crippen molar-refractivity contribution < 1.29 is 23.1 Å². The Morgan fingerprint density at radius 3 is 2.60 bits per heavy atom. The second-order valence-corrected chi connectivity index (χ2v) is 13.5. The Morgan fingerprint density at radius 1 is 1.14 bits per heavy atom. The predicted molar refractivity (Wildman–Crippen MR) is 153 cm³/mol. The van der Waals surface area contributed by atoms with Crippen molar-refractivity contribution in [3.05, 3.63) is 45.1 Å². The van der Waals surface area contributed by atoms with Crippen LogP contribution in [0.5, 0.6) is 0 Å². The fourth-order valence-corrected chi connectivity index (χ4v) is 8.52. The molecule has 3 aliphatic rings. The topological polar surface area (TPSA) is 93.2 Å². The molecule has 0 spiro atoms. The van der Waals surface area contributed by atoms with Crippen molar-refractivity contribution in [2.45, 2.75) is 101 Å². The van der Waals surface area contributed by atoms with E-state index in [1.807, 2.05) is 5.38 Å². The molecule has 0 radical (unpaired) electrons. The quantitative estimate of drug-likeness (QED) is 0.347. The van der Waals surface area contributed by atoms with Gasteiger partial charge in [-0.1, -0.05) is 25.7 Å². The zero-order chi connectivity index (χ0) is 29.4. The van der Waals surface area contributed by atoms with Gasteiger partial charge in [0, 0.05) is 35.6 Å². The molecule has 3 fully saturated rings. The van der Waals surface area contributed by atoms with Crippen LogP contribution in [-0.2, 0) is 11.3 Å². The molecule has 42 heavy (non-hydrogen) atoms. The number of likely N-dealkylation sites (tertiary alicyclic amines) is 1. The molecule has 0 aromatic carbocycles. The van der Waals surface area contributed by atoms with Gasteiger partial charge in [-0.3, -0.25) is 18.8 Å². The molecule has 3 aromatic rings. The molecule has 8 nitrogen and oxygen atoms in total. The smallest absolute Gasteiger partial charge is 0.262 e. The van der Waals surface area contributed by atoms with Crippen LogP contribution in [0.3, 0.4) is 0 Å². The first-order chi connectivity index (χ1) is 20.2. The third kappa shape index (κ3) is 6.15. The van der Waals surface area contributed by atoms with Gasteiger partial charge in [0.1, 0.15) is 6.04 Å². The number of aliphatic hydroxyl groups is 1. The second-order valence-electron chi connectivity index (χ2n) is 12.6. The Bertz CT molecular complexity index is 1460. The predicted octanol–water partition coefficient (Wildman–Crippen LogP) is 5.51. The van der Waals surface area contributed by atoms with Gasteiger partial charge in [-0.15, -0.1) is 16.4 Å². The summed E-state index contributed by atoms with van der Waals surface area (Å²) >= 11 is 1.62. The van der Waals surface area contributed by atoms with Crippen LogP contribution in [0.4, 0.5) is 13.2 Å². The Hall–Kier alpha value is -2.73. The summed E-state index contributed by atoms with van der Waals surface area (Å²) in [6.07, 6.45) is 9.96. The van der Waals surface area contributed by atoms with Gasteiger partial charge in [0.2, 0.25) is 11.9 Å². The van der Waals surface area contributed by atoms with Gasteiger partial charge in [-0.2, -0.15) is 4.39 Å². The van der Waals surface area contributed by atoms with Crippen LogP contribution in [-0.4, -0.2) is 60.4 Å².